The number of carbonyl (C=O) groups is 1. The van der Waals surface area contributed by atoms with Crippen molar-refractivity contribution < 1.29 is 9.53 Å². The number of benzene rings is 1. The van der Waals surface area contributed by atoms with Gasteiger partial charge in [0.05, 0.1) is 17.2 Å². The number of para-hydroxylation sites is 1. The highest BCUT2D eigenvalue weighted by Gasteiger charge is 2.11. The number of amides is 1. The third-order valence-electron chi connectivity index (χ3n) is 2.78. The molecule has 0 saturated carbocycles. The summed E-state index contributed by atoms with van der Waals surface area (Å²) in [6, 6.07) is 7.61. The van der Waals surface area contributed by atoms with Crippen molar-refractivity contribution in [3.8, 4) is 0 Å². The zero-order valence-electron chi connectivity index (χ0n) is 9.99. The van der Waals surface area contributed by atoms with E-state index in [2.05, 4.69) is 10.3 Å². The summed E-state index contributed by atoms with van der Waals surface area (Å²) in [4.78, 5) is 15.1. The summed E-state index contributed by atoms with van der Waals surface area (Å²) in [5, 5.41) is 3.89. The first-order chi connectivity index (χ1) is 8.22. The fraction of sp³-hybridized carbons (Fsp3) is 0.308. The van der Waals surface area contributed by atoms with Gasteiger partial charge < -0.3 is 15.0 Å². The molecular formula is C13H16N2O2. The van der Waals surface area contributed by atoms with Crippen LogP contribution in [0.25, 0.3) is 10.9 Å². The van der Waals surface area contributed by atoms with Gasteiger partial charge in [0.15, 0.2) is 0 Å². The van der Waals surface area contributed by atoms with E-state index in [-0.39, 0.29) is 12.0 Å². The molecule has 0 saturated heterocycles. The average molecular weight is 232 g/mol. The third-order valence-corrected chi connectivity index (χ3v) is 2.78. The number of methoxy groups -OCH3 is 1. The number of hydrogen-bond acceptors (Lipinski definition) is 2. The number of nitrogens with one attached hydrogen (secondary N) is 2. The van der Waals surface area contributed by atoms with Crippen molar-refractivity contribution in [2.24, 2.45) is 0 Å². The fourth-order valence-electron chi connectivity index (χ4n) is 1.69. The average Bonchev–Trinajstić information content (AvgIpc) is 2.83. The van der Waals surface area contributed by atoms with Crippen LogP contribution in [0.15, 0.2) is 30.5 Å². The monoisotopic (exact) mass is 232 g/mol. The standard InChI is InChI=1S/C13H16N2O2/c1-9(17-2)8-15-13(16)11-5-3-4-10-6-7-14-12(10)11/h3-7,9,14H,8H2,1-2H3,(H,15,16). The van der Waals surface area contributed by atoms with Crippen LogP contribution in [0.1, 0.15) is 17.3 Å². The highest BCUT2D eigenvalue weighted by Crippen LogP contribution is 2.16. The van der Waals surface area contributed by atoms with Crippen molar-refractivity contribution >= 4 is 16.8 Å². The van der Waals surface area contributed by atoms with Crippen molar-refractivity contribution in [3.05, 3.63) is 36.0 Å². The zero-order chi connectivity index (χ0) is 12.3. The largest absolute Gasteiger partial charge is 0.380 e. The second-order valence-corrected chi connectivity index (χ2v) is 4.00. The normalized spacial score (nSPS) is 12.6. The number of ether oxygens (including phenoxy) is 1. The van der Waals surface area contributed by atoms with Gasteiger partial charge in [-0.25, -0.2) is 0 Å². The van der Waals surface area contributed by atoms with Gasteiger partial charge in [0.1, 0.15) is 0 Å². The first-order valence-electron chi connectivity index (χ1n) is 5.59. The quantitative estimate of drug-likeness (QED) is 0.846. The van der Waals surface area contributed by atoms with Gasteiger partial charge in [-0.15, -0.1) is 0 Å². The third kappa shape index (κ3) is 2.47. The van der Waals surface area contributed by atoms with Gasteiger partial charge in [0.2, 0.25) is 0 Å². The van der Waals surface area contributed by atoms with Crippen LogP contribution in [0.2, 0.25) is 0 Å². The summed E-state index contributed by atoms with van der Waals surface area (Å²) in [5.74, 6) is -0.0815. The molecule has 0 aliphatic heterocycles. The van der Waals surface area contributed by atoms with E-state index in [4.69, 9.17) is 4.74 Å². The number of rotatable bonds is 4. The second kappa shape index (κ2) is 5.01. The van der Waals surface area contributed by atoms with E-state index in [1.165, 1.54) is 0 Å². The Balaban J connectivity index is 2.16. The lowest BCUT2D eigenvalue weighted by Gasteiger charge is -2.11. The number of H-pyrrole nitrogens is 1. The van der Waals surface area contributed by atoms with Gasteiger partial charge in [0.25, 0.3) is 5.91 Å². The maximum absolute atomic E-state index is 12.0. The Morgan fingerprint density at radius 2 is 2.29 bits per heavy atom. The van der Waals surface area contributed by atoms with Crippen LogP contribution in [-0.2, 0) is 4.74 Å². The van der Waals surface area contributed by atoms with Crippen LogP contribution < -0.4 is 5.32 Å². The van der Waals surface area contributed by atoms with Crippen LogP contribution >= 0.6 is 0 Å². The molecule has 0 radical (unpaired) electrons. The van der Waals surface area contributed by atoms with E-state index in [0.29, 0.717) is 12.1 Å². The molecular weight excluding hydrogens is 216 g/mol. The molecule has 1 atom stereocenters. The maximum atomic E-state index is 12.0. The Hall–Kier alpha value is -1.81. The number of carbonyl (C=O) groups excluding carboxylic acids is 1. The smallest absolute Gasteiger partial charge is 0.253 e. The molecule has 0 aliphatic carbocycles. The summed E-state index contributed by atoms with van der Waals surface area (Å²) in [6.45, 7) is 2.42. The molecule has 1 amide bonds. The second-order valence-electron chi connectivity index (χ2n) is 4.00. The molecule has 1 aromatic heterocycles. The summed E-state index contributed by atoms with van der Waals surface area (Å²) in [7, 11) is 1.63. The lowest BCUT2D eigenvalue weighted by atomic mass is 10.1. The van der Waals surface area contributed by atoms with Gasteiger partial charge in [-0.3, -0.25) is 4.79 Å². The number of hydrogen-bond donors (Lipinski definition) is 2. The van der Waals surface area contributed by atoms with Gasteiger partial charge >= 0.3 is 0 Å². The molecule has 1 unspecified atom stereocenters. The topological polar surface area (TPSA) is 54.1 Å². The molecule has 1 aromatic carbocycles. The summed E-state index contributed by atoms with van der Waals surface area (Å²) >= 11 is 0. The summed E-state index contributed by atoms with van der Waals surface area (Å²) in [6.07, 6.45) is 1.85. The predicted molar refractivity (Wildman–Crippen MR) is 67.1 cm³/mol. The van der Waals surface area contributed by atoms with Crippen LogP contribution in [0.3, 0.4) is 0 Å². The lowest BCUT2D eigenvalue weighted by molar-refractivity contribution is 0.0871. The van der Waals surface area contributed by atoms with Crippen molar-refractivity contribution in [2.75, 3.05) is 13.7 Å². The SMILES string of the molecule is COC(C)CNC(=O)c1cccc2cc[nH]c12. The number of aromatic nitrogens is 1. The zero-order valence-corrected chi connectivity index (χ0v) is 9.99. The molecule has 0 bridgehead atoms. The van der Waals surface area contributed by atoms with Gasteiger partial charge in [0, 0.05) is 25.2 Å². The molecule has 0 fully saturated rings. The lowest BCUT2D eigenvalue weighted by Crippen LogP contribution is -2.31. The van der Waals surface area contributed by atoms with E-state index >= 15 is 0 Å². The van der Waals surface area contributed by atoms with Crippen molar-refractivity contribution in [1.29, 1.82) is 0 Å². The van der Waals surface area contributed by atoms with Gasteiger partial charge in [-0.05, 0) is 19.1 Å². The van der Waals surface area contributed by atoms with Gasteiger partial charge in [-0.1, -0.05) is 12.1 Å². The first-order valence-corrected chi connectivity index (χ1v) is 5.59. The van der Waals surface area contributed by atoms with E-state index in [0.717, 1.165) is 10.9 Å². The number of aromatic amines is 1. The van der Waals surface area contributed by atoms with Crippen molar-refractivity contribution in [3.63, 3.8) is 0 Å². The molecule has 2 aromatic rings. The Morgan fingerprint density at radius 3 is 3.06 bits per heavy atom. The van der Waals surface area contributed by atoms with E-state index < -0.39 is 0 Å². The Kier molecular flexibility index (Phi) is 3.44. The first kappa shape index (κ1) is 11.7. The maximum Gasteiger partial charge on any atom is 0.253 e. The van der Waals surface area contributed by atoms with Crippen LogP contribution in [0.5, 0.6) is 0 Å². The Morgan fingerprint density at radius 1 is 1.47 bits per heavy atom. The number of fused-ring (bicyclic) bond motifs is 1. The minimum Gasteiger partial charge on any atom is -0.380 e. The minimum atomic E-state index is -0.0815. The van der Waals surface area contributed by atoms with Crippen LogP contribution in [0, 0.1) is 0 Å². The minimum absolute atomic E-state index is 0.0156. The summed E-state index contributed by atoms with van der Waals surface area (Å²) in [5.41, 5.74) is 1.53. The molecule has 0 aliphatic rings. The molecule has 4 heteroatoms. The summed E-state index contributed by atoms with van der Waals surface area (Å²) < 4.78 is 5.09. The van der Waals surface area contributed by atoms with Crippen molar-refractivity contribution in [1.82, 2.24) is 10.3 Å². The Bertz CT molecular complexity index is 519. The Labute approximate surface area is 100.0 Å². The van der Waals surface area contributed by atoms with Gasteiger partial charge in [-0.2, -0.15) is 0 Å². The molecule has 90 valence electrons. The predicted octanol–water partition coefficient (Wildman–Crippen LogP) is 1.93. The van der Waals surface area contributed by atoms with E-state index in [1.807, 2.05) is 37.4 Å². The van der Waals surface area contributed by atoms with E-state index in [1.54, 1.807) is 7.11 Å². The highest BCUT2D eigenvalue weighted by atomic mass is 16.5. The van der Waals surface area contributed by atoms with Crippen LogP contribution in [0.4, 0.5) is 0 Å². The molecule has 4 nitrogen and oxygen atoms in total. The molecule has 17 heavy (non-hydrogen) atoms. The van der Waals surface area contributed by atoms with Crippen molar-refractivity contribution in [2.45, 2.75) is 13.0 Å². The fourth-order valence-corrected chi connectivity index (χ4v) is 1.69. The van der Waals surface area contributed by atoms with E-state index in [9.17, 15) is 4.79 Å². The molecule has 2 N–H and O–H groups in total. The molecule has 2 rings (SSSR count). The highest BCUT2D eigenvalue weighted by molar-refractivity contribution is 6.05. The molecule has 0 spiro atoms. The molecule has 1 heterocycles. The van der Waals surface area contributed by atoms with Crippen LogP contribution in [-0.4, -0.2) is 30.6 Å².